The first-order chi connectivity index (χ1) is 7.07. The summed E-state index contributed by atoms with van der Waals surface area (Å²) in [5.41, 5.74) is 0. The fourth-order valence-corrected chi connectivity index (χ4v) is 2.95. The molecule has 0 saturated carbocycles. The maximum Gasteiger partial charge on any atom is 0.456 e. The number of rotatable bonds is 2. The van der Waals surface area contributed by atoms with Gasteiger partial charge in [0, 0.05) is 9.35 Å². The first kappa shape index (κ1) is 14.3. The molecule has 1 aromatic rings. The van der Waals surface area contributed by atoms with Crippen molar-refractivity contribution in [1.29, 1.82) is 0 Å². The first-order valence-electron chi connectivity index (χ1n) is 3.64. The van der Waals surface area contributed by atoms with Crippen LogP contribution in [0.25, 0.3) is 0 Å². The van der Waals surface area contributed by atoms with Crippen LogP contribution < -0.4 is 0 Å². The van der Waals surface area contributed by atoms with Crippen LogP contribution in [0, 0.1) is 0 Å². The normalized spacial score (nSPS) is 15.2. The van der Waals surface area contributed by atoms with E-state index < -0.39 is 23.1 Å². The van der Waals surface area contributed by atoms with Crippen LogP contribution in [-0.4, -0.2) is 17.2 Å². The topological polar surface area (TPSA) is 20.2 Å². The lowest BCUT2D eigenvalue weighted by molar-refractivity contribution is -0.314. The molecule has 0 saturated heterocycles. The van der Waals surface area contributed by atoms with Gasteiger partial charge in [-0.15, -0.1) is 11.3 Å². The average Bonchev–Trinajstić information content (AvgIpc) is 2.43. The third-order valence-electron chi connectivity index (χ3n) is 1.66. The number of halogens is 7. The number of aliphatic hydroxyl groups is 1. The van der Waals surface area contributed by atoms with E-state index >= 15 is 0 Å². The van der Waals surface area contributed by atoms with Crippen LogP contribution in [0.15, 0.2) is 14.3 Å². The second-order valence-corrected chi connectivity index (χ2v) is 6.05. The van der Waals surface area contributed by atoms with Gasteiger partial charge in [0.2, 0.25) is 0 Å². The van der Waals surface area contributed by atoms with Crippen molar-refractivity contribution < 1.29 is 27.1 Å². The highest BCUT2D eigenvalue weighted by Gasteiger charge is 2.63. The van der Waals surface area contributed by atoms with E-state index in [1.807, 2.05) is 0 Å². The summed E-state index contributed by atoms with van der Waals surface area (Å²) in [5, 5.41) is 9.02. The molecule has 1 aromatic heterocycles. The first-order valence-corrected chi connectivity index (χ1v) is 6.05. The Morgan fingerprint density at radius 3 is 2.00 bits per heavy atom. The molecule has 1 atom stereocenters. The fourth-order valence-electron chi connectivity index (χ4n) is 0.832. The molecular weight excluding hydrogens is 387 g/mol. The van der Waals surface area contributed by atoms with E-state index in [2.05, 4.69) is 31.9 Å². The molecule has 0 radical (unpaired) electrons. The zero-order chi connectivity index (χ0) is 12.7. The Balaban J connectivity index is 3.07. The maximum atomic E-state index is 12.8. The van der Waals surface area contributed by atoms with Crippen LogP contribution >= 0.6 is 43.2 Å². The van der Waals surface area contributed by atoms with Crippen LogP contribution in [-0.2, 0) is 0 Å². The zero-order valence-corrected chi connectivity index (χ0v) is 11.1. The van der Waals surface area contributed by atoms with Crippen molar-refractivity contribution in [2.75, 3.05) is 0 Å². The predicted octanol–water partition coefficient (Wildman–Crippen LogP) is 4.50. The number of alkyl halides is 5. The number of hydrogen-bond acceptors (Lipinski definition) is 2. The smallest absolute Gasteiger partial charge is 0.381 e. The Morgan fingerprint density at radius 2 is 1.69 bits per heavy atom. The molecule has 16 heavy (non-hydrogen) atoms. The van der Waals surface area contributed by atoms with E-state index in [1.54, 1.807) is 0 Å². The molecule has 0 fully saturated rings. The maximum absolute atomic E-state index is 12.8. The Hall–Kier alpha value is 0.270. The second kappa shape index (κ2) is 4.51. The highest BCUT2D eigenvalue weighted by molar-refractivity contribution is 9.13. The monoisotopic (exact) mass is 388 g/mol. The summed E-state index contributed by atoms with van der Waals surface area (Å²) in [6, 6.07) is 1.01. The summed E-state index contributed by atoms with van der Waals surface area (Å²) in [5.74, 6) is -5.17. The zero-order valence-electron chi connectivity index (χ0n) is 7.16. The van der Waals surface area contributed by atoms with Gasteiger partial charge in [-0.1, -0.05) is 0 Å². The number of thiophene rings is 1. The van der Waals surface area contributed by atoms with Crippen LogP contribution in [0.3, 0.4) is 0 Å². The summed E-state index contributed by atoms with van der Waals surface area (Å²) in [7, 11) is 0. The number of aliphatic hydroxyl groups excluding tert-OH is 1. The summed E-state index contributed by atoms with van der Waals surface area (Å²) in [4.78, 5) is -0.471. The molecule has 0 aliphatic rings. The van der Waals surface area contributed by atoms with Crippen LogP contribution in [0.1, 0.15) is 11.0 Å². The molecule has 0 aliphatic heterocycles. The highest BCUT2D eigenvalue weighted by atomic mass is 79.9. The third-order valence-corrected chi connectivity index (χ3v) is 4.96. The fraction of sp³-hybridized carbons (Fsp3) is 0.429. The molecule has 0 spiro atoms. The van der Waals surface area contributed by atoms with E-state index in [-0.39, 0.29) is 0 Å². The van der Waals surface area contributed by atoms with Gasteiger partial charge in [0.05, 0.1) is 3.79 Å². The standard InChI is InChI=1S/C7H3Br2F5OS/c8-2-1-3(16-5(2)9)4(15)6(10,11)7(12,13)14/h1,4,15H. The Morgan fingerprint density at radius 1 is 1.19 bits per heavy atom. The summed E-state index contributed by atoms with van der Waals surface area (Å²) in [6.45, 7) is 0. The molecule has 0 bridgehead atoms. The van der Waals surface area contributed by atoms with E-state index in [0.29, 0.717) is 19.6 Å². The minimum atomic E-state index is -5.78. The molecule has 1 N–H and O–H groups in total. The van der Waals surface area contributed by atoms with Gasteiger partial charge >= 0.3 is 12.1 Å². The summed E-state index contributed by atoms with van der Waals surface area (Å²) >= 11 is 6.47. The van der Waals surface area contributed by atoms with Gasteiger partial charge in [-0.2, -0.15) is 22.0 Å². The molecule has 92 valence electrons. The van der Waals surface area contributed by atoms with Crippen LogP contribution in [0.4, 0.5) is 22.0 Å². The number of hydrogen-bond donors (Lipinski definition) is 1. The minimum absolute atomic E-state index is 0.310. The van der Waals surface area contributed by atoms with Crippen molar-refractivity contribution in [1.82, 2.24) is 0 Å². The van der Waals surface area contributed by atoms with Crippen molar-refractivity contribution in [3.05, 3.63) is 19.2 Å². The van der Waals surface area contributed by atoms with Crippen LogP contribution in [0.5, 0.6) is 0 Å². The quantitative estimate of drug-likeness (QED) is 0.738. The molecule has 9 heteroatoms. The largest absolute Gasteiger partial charge is 0.456 e. The molecule has 1 heterocycles. The summed E-state index contributed by atoms with van der Waals surface area (Å²) in [6.07, 6.45) is -8.69. The van der Waals surface area contributed by atoms with Gasteiger partial charge in [0.15, 0.2) is 6.10 Å². The second-order valence-electron chi connectivity index (χ2n) is 2.79. The van der Waals surface area contributed by atoms with E-state index in [0.717, 1.165) is 6.07 Å². The lowest BCUT2D eigenvalue weighted by atomic mass is 10.1. The van der Waals surface area contributed by atoms with Gasteiger partial charge in [-0.05, 0) is 37.9 Å². The van der Waals surface area contributed by atoms with E-state index in [9.17, 15) is 22.0 Å². The van der Waals surface area contributed by atoms with Crippen molar-refractivity contribution in [3.8, 4) is 0 Å². The molecule has 1 rings (SSSR count). The molecule has 0 aliphatic carbocycles. The van der Waals surface area contributed by atoms with E-state index in [4.69, 9.17) is 5.11 Å². The Kier molecular flexibility index (Phi) is 4.04. The average molecular weight is 390 g/mol. The highest BCUT2D eigenvalue weighted by Crippen LogP contribution is 2.47. The lowest BCUT2D eigenvalue weighted by Gasteiger charge is -2.23. The van der Waals surface area contributed by atoms with Gasteiger partial charge in [0.1, 0.15) is 0 Å². The van der Waals surface area contributed by atoms with Gasteiger partial charge < -0.3 is 5.11 Å². The molecule has 0 amide bonds. The Labute approximate surface area is 108 Å². The SMILES string of the molecule is OC(c1cc(Br)c(Br)s1)C(F)(F)C(F)(F)F. The molecule has 1 nitrogen and oxygen atoms in total. The lowest BCUT2D eigenvalue weighted by Crippen LogP contribution is -2.41. The molecule has 1 unspecified atom stereocenters. The van der Waals surface area contributed by atoms with Gasteiger partial charge in [0.25, 0.3) is 0 Å². The van der Waals surface area contributed by atoms with Crippen LogP contribution in [0.2, 0.25) is 0 Å². The van der Waals surface area contributed by atoms with Gasteiger partial charge in [-0.25, -0.2) is 0 Å². The van der Waals surface area contributed by atoms with E-state index in [1.165, 1.54) is 0 Å². The minimum Gasteiger partial charge on any atom is -0.381 e. The van der Waals surface area contributed by atoms with Gasteiger partial charge in [-0.3, -0.25) is 0 Å². The van der Waals surface area contributed by atoms with Crippen molar-refractivity contribution >= 4 is 43.2 Å². The van der Waals surface area contributed by atoms with Crippen molar-refractivity contribution in [2.24, 2.45) is 0 Å². The van der Waals surface area contributed by atoms with Crippen molar-refractivity contribution in [3.63, 3.8) is 0 Å². The molecule has 0 aromatic carbocycles. The molecular formula is C7H3Br2F5OS. The Bertz CT molecular complexity index is 369. The summed E-state index contributed by atoms with van der Waals surface area (Å²) < 4.78 is 62.0. The predicted molar refractivity (Wildman–Crippen MR) is 55.7 cm³/mol. The third kappa shape index (κ3) is 2.57. The van der Waals surface area contributed by atoms with Crippen molar-refractivity contribution in [2.45, 2.75) is 18.2 Å².